The van der Waals surface area contributed by atoms with Crippen LogP contribution in [0.2, 0.25) is 0 Å². The lowest BCUT2D eigenvalue weighted by molar-refractivity contribution is 0.223. The molecule has 0 saturated carbocycles. The summed E-state index contributed by atoms with van der Waals surface area (Å²) in [5.74, 6) is 4.30. The monoisotopic (exact) mass is 174 g/mol. The summed E-state index contributed by atoms with van der Waals surface area (Å²) in [7, 11) is 0. The van der Waals surface area contributed by atoms with Gasteiger partial charge in [0, 0.05) is 6.61 Å². The molecule has 1 N–H and O–H groups in total. The fraction of sp³-hybridized carbons (Fsp3) is 1.00. The van der Waals surface area contributed by atoms with Crippen LogP contribution in [0.1, 0.15) is 26.2 Å². The van der Waals surface area contributed by atoms with E-state index in [1.165, 1.54) is 24.3 Å². The number of hydrogen-bond donors (Lipinski definition) is 1. The SMILES string of the molecule is CC(CCO)C1CCSCC1. The second-order valence-electron chi connectivity index (χ2n) is 3.44. The molecule has 1 atom stereocenters. The maximum atomic E-state index is 8.76. The minimum absolute atomic E-state index is 0.366. The first kappa shape index (κ1) is 9.40. The molecular formula is C9H18OS. The first-order chi connectivity index (χ1) is 5.34. The Morgan fingerprint density at radius 1 is 1.45 bits per heavy atom. The van der Waals surface area contributed by atoms with Gasteiger partial charge in [0.25, 0.3) is 0 Å². The van der Waals surface area contributed by atoms with Crippen molar-refractivity contribution in [1.82, 2.24) is 0 Å². The van der Waals surface area contributed by atoms with Crippen LogP contribution in [-0.4, -0.2) is 23.2 Å². The van der Waals surface area contributed by atoms with Crippen LogP contribution < -0.4 is 0 Å². The zero-order valence-corrected chi connectivity index (χ0v) is 8.07. The molecule has 66 valence electrons. The summed E-state index contributed by atoms with van der Waals surface area (Å²) in [4.78, 5) is 0. The molecule has 0 radical (unpaired) electrons. The third kappa shape index (κ3) is 3.04. The van der Waals surface area contributed by atoms with Crippen LogP contribution in [0.5, 0.6) is 0 Å². The molecule has 0 aliphatic carbocycles. The Hall–Kier alpha value is 0.310. The molecule has 2 heteroatoms. The Morgan fingerprint density at radius 3 is 2.64 bits per heavy atom. The van der Waals surface area contributed by atoms with Crippen LogP contribution in [0.3, 0.4) is 0 Å². The van der Waals surface area contributed by atoms with Gasteiger partial charge in [-0.25, -0.2) is 0 Å². The zero-order chi connectivity index (χ0) is 8.10. The average molecular weight is 174 g/mol. The largest absolute Gasteiger partial charge is 0.396 e. The van der Waals surface area contributed by atoms with Gasteiger partial charge in [0.15, 0.2) is 0 Å². The predicted octanol–water partition coefficient (Wildman–Crippen LogP) is 2.15. The van der Waals surface area contributed by atoms with Crippen LogP contribution in [0, 0.1) is 11.8 Å². The molecule has 1 unspecified atom stereocenters. The van der Waals surface area contributed by atoms with Crippen molar-refractivity contribution in [3.8, 4) is 0 Å². The van der Waals surface area contributed by atoms with Gasteiger partial charge >= 0.3 is 0 Å². The lowest BCUT2D eigenvalue weighted by atomic mass is 9.87. The Bertz CT molecular complexity index is 99.7. The first-order valence-corrected chi connectivity index (χ1v) is 5.68. The first-order valence-electron chi connectivity index (χ1n) is 4.53. The normalized spacial score (nSPS) is 23.5. The Balaban J connectivity index is 2.21. The molecule has 1 nitrogen and oxygen atoms in total. The highest BCUT2D eigenvalue weighted by atomic mass is 32.2. The Labute approximate surface area is 73.6 Å². The van der Waals surface area contributed by atoms with E-state index in [9.17, 15) is 0 Å². The van der Waals surface area contributed by atoms with Gasteiger partial charge in [-0.05, 0) is 42.6 Å². The summed E-state index contributed by atoms with van der Waals surface area (Å²) >= 11 is 2.07. The smallest absolute Gasteiger partial charge is 0.0433 e. The summed E-state index contributed by atoms with van der Waals surface area (Å²) in [6, 6.07) is 0. The van der Waals surface area contributed by atoms with Gasteiger partial charge in [0.1, 0.15) is 0 Å². The number of rotatable bonds is 3. The van der Waals surface area contributed by atoms with Crippen molar-refractivity contribution in [3.63, 3.8) is 0 Å². The molecule has 0 aromatic heterocycles. The Kier molecular flexibility index (Phi) is 4.31. The van der Waals surface area contributed by atoms with Crippen molar-refractivity contribution in [3.05, 3.63) is 0 Å². The van der Waals surface area contributed by atoms with Gasteiger partial charge in [0.2, 0.25) is 0 Å². The van der Waals surface area contributed by atoms with Crippen molar-refractivity contribution in [2.45, 2.75) is 26.2 Å². The maximum absolute atomic E-state index is 8.76. The van der Waals surface area contributed by atoms with E-state index in [0.717, 1.165) is 18.3 Å². The summed E-state index contributed by atoms with van der Waals surface area (Å²) < 4.78 is 0. The fourth-order valence-corrected chi connectivity index (χ4v) is 2.87. The topological polar surface area (TPSA) is 20.2 Å². The van der Waals surface area contributed by atoms with E-state index in [1.807, 2.05) is 0 Å². The highest BCUT2D eigenvalue weighted by Gasteiger charge is 2.19. The molecule has 0 amide bonds. The highest BCUT2D eigenvalue weighted by molar-refractivity contribution is 7.99. The molecule has 0 aromatic rings. The summed E-state index contributed by atoms with van der Waals surface area (Å²) in [6.07, 6.45) is 3.73. The molecule has 1 aliphatic rings. The van der Waals surface area contributed by atoms with Gasteiger partial charge in [-0.15, -0.1) is 0 Å². The van der Waals surface area contributed by atoms with E-state index in [0.29, 0.717) is 6.61 Å². The minimum Gasteiger partial charge on any atom is -0.396 e. The van der Waals surface area contributed by atoms with Gasteiger partial charge in [0.05, 0.1) is 0 Å². The number of hydrogen-bond acceptors (Lipinski definition) is 2. The summed E-state index contributed by atoms with van der Waals surface area (Å²) in [5, 5.41) is 8.76. The number of aliphatic hydroxyl groups is 1. The van der Waals surface area contributed by atoms with Crippen molar-refractivity contribution < 1.29 is 5.11 Å². The molecular weight excluding hydrogens is 156 g/mol. The van der Waals surface area contributed by atoms with Gasteiger partial charge < -0.3 is 5.11 Å². The van der Waals surface area contributed by atoms with Crippen LogP contribution in [-0.2, 0) is 0 Å². The summed E-state index contributed by atoms with van der Waals surface area (Å²) in [5.41, 5.74) is 0. The quantitative estimate of drug-likeness (QED) is 0.707. The molecule has 1 heterocycles. The third-order valence-corrected chi connectivity index (χ3v) is 3.70. The molecule has 1 aliphatic heterocycles. The van der Waals surface area contributed by atoms with Crippen molar-refractivity contribution >= 4 is 11.8 Å². The molecule has 0 bridgehead atoms. The highest BCUT2D eigenvalue weighted by Crippen LogP contribution is 2.29. The van der Waals surface area contributed by atoms with Gasteiger partial charge in [-0.3, -0.25) is 0 Å². The van der Waals surface area contributed by atoms with Crippen LogP contribution in [0.25, 0.3) is 0 Å². The molecule has 1 rings (SSSR count). The second kappa shape index (κ2) is 5.04. The lowest BCUT2D eigenvalue weighted by Crippen LogP contribution is -2.18. The lowest BCUT2D eigenvalue weighted by Gasteiger charge is -2.26. The summed E-state index contributed by atoms with van der Waals surface area (Å²) in [6.45, 7) is 2.64. The average Bonchev–Trinajstić information content (AvgIpc) is 2.07. The number of aliphatic hydroxyl groups excluding tert-OH is 1. The van der Waals surface area contributed by atoms with Crippen LogP contribution in [0.4, 0.5) is 0 Å². The van der Waals surface area contributed by atoms with Gasteiger partial charge in [-0.1, -0.05) is 6.92 Å². The molecule has 1 fully saturated rings. The third-order valence-electron chi connectivity index (χ3n) is 2.66. The molecule has 1 saturated heterocycles. The van der Waals surface area contributed by atoms with Crippen LogP contribution in [0.15, 0.2) is 0 Å². The van der Waals surface area contributed by atoms with Crippen LogP contribution >= 0.6 is 11.8 Å². The van der Waals surface area contributed by atoms with E-state index in [2.05, 4.69) is 18.7 Å². The molecule has 0 aromatic carbocycles. The Morgan fingerprint density at radius 2 is 2.09 bits per heavy atom. The molecule has 0 spiro atoms. The fourth-order valence-electron chi connectivity index (χ4n) is 1.72. The van der Waals surface area contributed by atoms with Crippen molar-refractivity contribution in [2.24, 2.45) is 11.8 Å². The molecule has 11 heavy (non-hydrogen) atoms. The van der Waals surface area contributed by atoms with E-state index in [-0.39, 0.29) is 0 Å². The van der Waals surface area contributed by atoms with Gasteiger partial charge in [-0.2, -0.15) is 11.8 Å². The maximum Gasteiger partial charge on any atom is 0.0433 e. The van der Waals surface area contributed by atoms with E-state index < -0.39 is 0 Å². The van der Waals surface area contributed by atoms with E-state index in [1.54, 1.807) is 0 Å². The minimum atomic E-state index is 0.366. The predicted molar refractivity (Wildman–Crippen MR) is 50.9 cm³/mol. The van der Waals surface area contributed by atoms with E-state index >= 15 is 0 Å². The van der Waals surface area contributed by atoms with Crippen molar-refractivity contribution in [2.75, 3.05) is 18.1 Å². The van der Waals surface area contributed by atoms with Crippen molar-refractivity contribution in [1.29, 1.82) is 0 Å². The van der Waals surface area contributed by atoms with E-state index in [4.69, 9.17) is 5.11 Å². The standard InChI is InChI=1S/C9H18OS/c1-8(2-5-10)9-3-6-11-7-4-9/h8-10H,2-7H2,1H3. The number of thioether (sulfide) groups is 1. The zero-order valence-electron chi connectivity index (χ0n) is 7.25. The second-order valence-corrected chi connectivity index (χ2v) is 4.66.